The highest BCUT2D eigenvalue weighted by Gasteiger charge is 2.34. The summed E-state index contributed by atoms with van der Waals surface area (Å²) >= 11 is 0. The van der Waals surface area contributed by atoms with Gasteiger partial charge in [-0.3, -0.25) is 4.84 Å². The minimum atomic E-state index is 0.154. The first-order valence-electron chi connectivity index (χ1n) is 4.73. The number of rotatable bonds is 1. The molecular formula is C12H11NO. The van der Waals surface area contributed by atoms with Crippen molar-refractivity contribution in [1.29, 1.82) is 0 Å². The Bertz CT molecular complexity index is 475. The largest absolute Gasteiger partial charge is 0.270 e. The van der Waals surface area contributed by atoms with Gasteiger partial charge in [0.25, 0.3) is 0 Å². The van der Waals surface area contributed by atoms with Crippen LogP contribution in [-0.4, -0.2) is 12.1 Å². The van der Waals surface area contributed by atoms with E-state index in [1.807, 2.05) is 12.1 Å². The molecule has 1 heterocycles. The van der Waals surface area contributed by atoms with Gasteiger partial charge in [0.05, 0.1) is 0 Å². The van der Waals surface area contributed by atoms with Gasteiger partial charge in [0, 0.05) is 12.6 Å². The molecule has 0 aliphatic carbocycles. The normalized spacial score (nSPS) is 25.2. The molecule has 1 aliphatic heterocycles. The maximum absolute atomic E-state index is 5.34. The molecule has 3 rings (SSSR count). The van der Waals surface area contributed by atoms with Crippen LogP contribution >= 0.6 is 0 Å². The van der Waals surface area contributed by atoms with Crippen molar-refractivity contribution in [3.05, 3.63) is 48.0 Å². The molecule has 1 aliphatic rings. The molecule has 1 saturated heterocycles. The molecule has 0 saturated carbocycles. The molecule has 1 fully saturated rings. The first-order chi connectivity index (χ1) is 6.86. The molecule has 2 aromatic rings. The summed E-state index contributed by atoms with van der Waals surface area (Å²) in [6.45, 7) is 0. The number of nitrogens with zero attached hydrogens (tertiary/aromatic N) is 1. The summed E-state index contributed by atoms with van der Waals surface area (Å²) < 4.78 is 0. The second-order valence-corrected chi connectivity index (χ2v) is 3.57. The van der Waals surface area contributed by atoms with E-state index in [2.05, 4.69) is 42.5 Å². The van der Waals surface area contributed by atoms with Crippen LogP contribution in [-0.2, 0) is 4.84 Å². The molecule has 2 heteroatoms. The molecule has 70 valence electrons. The summed E-state index contributed by atoms with van der Waals surface area (Å²) in [5.74, 6) is 0. The summed E-state index contributed by atoms with van der Waals surface area (Å²) in [6, 6.07) is 14.7. The maximum Gasteiger partial charge on any atom is 0.180 e. The minimum Gasteiger partial charge on any atom is -0.270 e. The van der Waals surface area contributed by atoms with Crippen molar-refractivity contribution in [2.75, 3.05) is 7.05 Å². The molecular weight excluding hydrogens is 174 g/mol. The van der Waals surface area contributed by atoms with Crippen LogP contribution in [0.3, 0.4) is 0 Å². The van der Waals surface area contributed by atoms with Crippen LogP contribution in [0.2, 0.25) is 0 Å². The third-order valence-corrected chi connectivity index (χ3v) is 2.64. The Morgan fingerprint density at radius 2 is 1.79 bits per heavy atom. The van der Waals surface area contributed by atoms with Gasteiger partial charge in [0.15, 0.2) is 6.23 Å². The first-order valence-corrected chi connectivity index (χ1v) is 4.73. The Labute approximate surface area is 82.7 Å². The lowest BCUT2D eigenvalue weighted by molar-refractivity contribution is 0.233. The van der Waals surface area contributed by atoms with Crippen molar-refractivity contribution in [1.82, 2.24) is 5.06 Å². The second kappa shape index (κ2) is 2.80. The summed E-state index contributed by atoms with van der Waals surface area (Å²) in [5.41, 5.74) is 1.26. The minimum absolute atomic E-state index is 0.154. The zero-order valence-electron chi connectivity index (χ0n) is 7.97. The van der Waals surface area contributed by atoms with Crippen LogP contribution in [0.1, 0.15) is 11.8 Å². The summed E-state index contributed by atoms with van der Waals surface area (Å²) in [4.78, 5) is 5.34. The molecule has 0 bridgehead atoms. The van der Waals surface area contributed by atoms with Crippen LogP contribution in [0.15, 0.2) is 42.5 Å². The van der Waals surface area contributed by atoms with Crippen molar-refractivity contribution in [2.45, 2.75) is 6.23 Å². The zero-order chi connectivity index (χ0) is 9.54. The third kappa shape index (κ3) is 1.12. The van der Waals surface area contributed by atoms with Crippen LogP contribution < -0.4 is 0 Å². The standard InChI is InChI=1S/C12H11NO/c1-13-12(14-13)11-8-4-6-9-5-2-3-7-10(9)11/h2-8,12H,1H3/t12-,13?/m1/s1. The highest BCUT2D eigenvalue weighted by Crippen LogP contribution is 2.38. The monoisotopic (exact) mass is 185 g/mol. The van der Waals surface area contributed by atoms with Crippen molar-refractivity contribution < 1.29 is 4.84 Å². The molecule has 2 nitrogen and oxygen atoms in total. The number of hydrogen-bond donors (Lipinski definition) is 0. The van der Waals surface area contributed by atoms with Crippen molar-refractivity contribution in [3.63, 3.8) is 0 Å². The van der Waals surface area contributed by atoms with Gasteiger partial charge in [-0.1, -0.05) is 42.5 Å². The summed E-state index contributed by atoms with van der Waals surface area (Å²) in [7, 11) is 1.95. The van der Waals surface area contributed by atoms with E-state index in [1.54, 1.807) is 0 Å². The fourth-order valence-corrected chi connectivity index (χ4v) is 1.85. The highest BCUT2D eigenvalue weighted by molar-refractivity contribution is 5.86. The second-order valence-electron chi connectivity index (χ2n) is 3.57. The molecule has 0 N–H and O–H groups in total. The number of hydroxylamine groups is 2. The maximum atomic E-state index is 5.34. The van der Waals surface area contributed by atoms with E-state index in [-0.39, 0.29) is 6.23 Å². The van der Waals surface area contributed by atoms with Crippen LogP contribution in [0.5, 0.6) is 0 Å². The number of fused-ring (bicyclic) bond motifs is 1. The zero-order valence-corrected chi connectivity index (χ0v) is 7.97. The molecule has 0 aromatic heterocycles. The van der Waals surface area contributed by atoms with Crippen LogP contribution in [0.25, 0.3) is 10.8 Å². The lowest BCUT2D eigenvalue weighted by Gasteiger charge is -2.01. The molecule has 2 atom stereocenters. The van der Waals surface area contributed by atoms with E-state index in [0.717, 1.165) is 0 Å². The summed E-state index contributed by atoms with van der Waals surface area (Å²) in [5, 5.41) is 4.42. The summed E-state index contributed by atoms with van der Waals surface area (Å²) in [6.07, 6.45) is 0.154. The van der Waals surface area contributed by atoms with Crippen LogP contribution in [0.4, 0.5) is 0 Å². The Morgan fingerprint density at radius 3 is 2.57 bits per heavy atom. The van der Waals surface area contributed by atoms with Gasteiger partial charge in [-0.25, -0.2) is 0 Å². The fourth-order valence-electron chi connectivity index (χ4n) is 1.85. The van der Waals surface area contributed by atoms with E-state index in [1.165, 1.54) is 16.3 Å². The Morgan fingerprint density at radius 1 is 1.07 bits per heavy atom. The molecule has 0 amide bonds. The topological polar surface area (TPSA) is 15.5 Å². The van der Waals surface area contributed by atoms with Gasteiger partial charge >= 0.3 is 0 Å². The molecule has 2 aromatic carbocycles. The quantitative estimate of drug-likeness (QED) is 0.635. The fraction of sp³-hybridized carbons (Fsp3) is 0.167. The molecule has 14 heavy (non-hydrogen) atoms. The number of hydrogen-bond acceptors (Lipinski definition) is 2. The highest BCUT2D eigenvalue weighted by atomic mass is 16.8. The van der Waals surface area contributed by atoms with Gasteiger partial charge in [0.2, 0.25) is 0 Å². The van der Waals surface area contributed by atoms with E-state index >= 15 is 0 Å². The third-order valence-electron chi connectivity index (χ3n) is 2.64. The average Bonchev–Trinajstić information content (AvgIpc) is 2.95. The van der Waals surface area contributed by atoms with Gasteiger partial charge < -0.3 is 0 Å². The Kier molecular flexibility index (Phi) is 1.60. The van der Waals surface area contributed by atoms with Gasteiger partial charge in [-0.15, -0.1) is 0 Å². The average molecular weight is 185 g/mol. The molecule has 1 unspecified atom stereocenters. The van der Waals surface area contributed by atoms with Gasteiger partial charge in [-0.05, 0) is 10.8 Å². The van der Waals surface area contributed by atoms with Gasteiger partial charge in [0.1, 0.15) is 0 Å². The lowest BCUT2D eigenvalue weighted by atomic mass is 10.0. The van der Waals surface area contributed by atoms with E-state index in [4.69, 9.17) is 4.84 Å². The SMILES string of the molecule is CN1O[C@@H]1c1cccc2ccccc12. The Hall–Kier alpha value is -1.38. The van der Waals surface area contributed by atoms with E-state index in [9.17, 15) is 0 Å². The van der Waals surface area contributed by atoms with Gasteiger partial charge in [-0.2, -0.15) is 5.06 Å². The Balaban J connectivity index is 2.23. The van der Waals surface area contributed by atoms with Crippen LogP contribution in [0, 0.1) is 0 Å². The lowest BCUT2D eigenvalue weighted by Crippen LogP contribution is -1.89. The smallest absolute Gasteiger partial charge is 0.180 e. The van der Waals surface area contributed by atoms with Crippen molar-refractivity contribution >= 4 is 10.8 Å². The predicted octanol–water partition coefficient (Wildman–Crippen LogP) is 2.72. The van der Waals surface area contributed by atoms with Crippen molar-refractivity contribution in [2.24, 2.45) is 0 Å². The van der Waals surface area contributed by atoms with E-state index in [0.29, 0.717) is 0 Å². The van der Waals surface area contributed by atoms with Crippen molar-refractivity contribution in [3.8, 4) is 0 Å². The number of benzene rings is 2. The predicted molar refractivity (Wildman–Crippen MR) is 55.5 cm³/mol. The molecule has 0 radical (unpaired) electrons. The molecule has 0 spiro atoms. The first kappa shape index (κ1) is 7.97. The van der Waals surface area contributed by atoms with E-state index < -0.39 is 0 Å².